The number of methoxy groups -OCH3 is 1. The van der Waals surface area contributed by atoms with Crippen LogP contribution < -0.4 is 9.47 Å². The third-order valence-corrected chi connectivity index (χ3v) is 7.59. The molecule has 1 aliphatic rings. The maximum atomic E-state index is 13.0. The van der Waals surface area contributed by atoms with Gasteiger partial charge in [0.1, 0.15) is 6.61 Å². The molecule has 0 aliphatic carbocycles. The first-order valence-corrected chi connectivity index (χ1v) is 13.4. The summed E-state index contributed by atoms with van der Waals surface area (Å²) in [5.41, 5.74) is 2.50. The van der Waals surface area contributed by atoms with E-state index in [1.807, 2.05) is 42.5 Å². The van der Waals surface area contributed by atoms with Gasteiger partial charge in [-0.2, -0.15) is 0 Å². The topological polar surface area (TPSA) is 55.8 Å². The highest BCUT2D eigenvalue weighted by molar-refractivity contribution is 9.10. The number of thioether (sulfide) groups is 1. The van der Waals surface area contributed by atoms with Crippen LogP contribution in [0.4, 0.5) is 4.79 Å². The minimum atomic E-state index is -0.343. The van der Waals surface area contributed by atoms with Gasteiger partial charge >= 0.3 is 0 Å². The lowest BCUT2D eigenvalue weighted by Gasteiger charge is -2.14. The first kappa shape index (κ1) is 25.4. The number of amides is 2. The van der Waals surface area contributed by atoms with Crippen LogP contribution in [0.5, 0.6) is 11.5 Å². The highest BCUT2D eigenvalue weighted by atomic mass is 79.9. The van der Waals surface area contributed by atoms with Crippen molar-refractivity contribution >= 4 is 67.3 Å². The molecule has 4 aromatic rings. The number of hydrogen-bond acceptors (Lipinski definition) is 5. The normalized spacial score (nSPS) is 14.6. The summed E-state index contributed by atoms with van der Waals surface area (Å²) >= 11 is 10.9. The van der Waals surface area contributed by atoms with E-state index in [-0.39, 0.29) is 17.7 Å². The van der Waals surface area contributed by atoms with Crippen molar-refractivity contribution in [1.29, 1.82) is 0 Å². The fourth-order valence-electron chi connectivity index (χ4n) is 4.01. The van der Waals surface area contributed by atoms with Gasteiger partial charge in [-0.25, -0.2) is 0 Å². The number of ether oxygens (including phenoxy) is 2. The SMILES string of the molecule is COc1cc(/C=C2\SC(=O)N(Cc3ccc(Br)cc3)C2=O)cc(Cl)c1OCc1ccc2ccccc2c1. The molecule has 0 atom stereocenters. The van der Waals surface area contributed by atoms with Crippen molar-refractivity contribution in [2.24, 2.45) is 0 Å². The van der Waals surface area contributed by atoms with Crippen molar-refractivity contribution in [3.05, 3.63) is 110 Å². The van der Waals surface area contributed by atoms with Gasteiger partial charge in [-0.05, 0) is 75.6 Å². The Hall–Kier alpha value is -3.26. The summed E-state index contributed by atoms with van der Waals surface area (Å²) in [6, 6.07) is 25.2. The molecule has 1 aliphatic heterocycles. The van der Waals surface area contributed by atoms with Crippen LogP contribution in [0.1, 0.15) is 16.7 Å². The summed E-state index contributed by atoms with van der Waals surface area (Å²) in [6.07, 6.45) is 1.65. The van der Waals surface area contributed by atoms with Gasteiger partial charge < -0.3 is 9.47 Å². The quantitative estimate of drug-likeness (QED) is 0.203. The molecule has 2 amide bonds. The minimum Gasteiger partial charge on any atom is -0.493 e. The Labute approximate surface area is 232 Å². The fourth-order valence-corrected chi connectivity index (χ4v) is 5.38. The van der Waals surface area contributed by atoms with Crippen molar-refractivity contribution in [1.82, 2.24) is 4.90 Å². The molecule has 0 aromatic heterocycles. The lowest BCUT2D eigenvalue weighted by atomic mass is 10.1. The number of nitrogens with zero attached hydrogens (tertiary/aromatic N) is 1. The van der Waals surface area contributed by atoms with Gasteiger partial charge in [0.25, 0.3) is 11.1 Å². The smallest absolute Gasteiger partial charge is 0.293 e. The summed E-state index contributed by atoms with van der Waals surface area (Å²) in [6.45, 7) is 0.524. The number of rotatable bonds is 7. The molecule has 1 fully saturated rings. The molecule has 0 saturated carbocycles. The van der Waals surface area contributed by atoms with Crippen LogP contribution in [0.15, 0.2) is 88.2 Å². The van der Waals surface area contributed by atoms with E-state index in [1.54, 1.807) is 18.2 Å². The van der Waals surface area contributed by atoms with Gasteiger partial charge in [0.2, 0.25) is 0 Å². The Morgan fingerprint density at radius 3 is 2.43 bits per heavy atom. The average molecular weight is 595 g/mol. The molecule has 0 spiro atoms. The zero-order chi connectivity index (χ0) is 25.9. The van der Waals surface area contributed by atoms with Crippen LogP contribution in [0.3, 0.4) is 0 Å². The monoisotopic (exact) mass is 593 g/mol. The summed E-state index contributed by atoms with van der Waals surface area (Å²) in [7, 11) is 1.53. The number of imide groups is 1. The van der Waals surface area contributed by atoms with Crippen molar-refractivity contribution in [2.75, 3.05) is 7.11 Å². The van der Waals surface area contributed by atoms with Crippen LogP contribution in [0.25, 0.3) is 16.8 Å². The van der Waals surface area contributed by atoms with Gasteiger partial charge in [-0.15, -0.1) is 0 Å². The van der Waals surface area contributed by atoms with Crippen LogP contribution in [-0.4, -0.2) is 23.2 Å². The largest absolute Gasteiger partial charge is 0.493 e. The Morgan fingerprint density at radius 2 is 1.68 bits per heavy atom. The minimum absolute atomic E-state index is 0.209. The zero-order valence-electron chi connectivity index (χ0n) is 19.7. The Balaban J connectivity index is 1.33. The van der Waals surface area contributed by atoms with E-state index < -0.39 is 0 Å². The van der Waals surface area contributed by atoms with E-state index in [2.05, 4.69) is 40.2 Å². The van der Waals surface area contributed by atoms with E-state index in [1.165, 1.54) is 12.0 Å². The summed E-state index contributed by atoms with van der Waals surface area (Å²) in [4.78, 5) is 27.1. The number of benzene rings is 4. The Kier molecular flexibility index (Phi) is 7.55. The summed E-state index contributed by atoms with van der Waals surface area (Å²) in [5.74, 6) is 0.510. The Morgan fingerprint density at radius 1 is 0.946 bits per heavy atom. The van der Waals surface area contributed by atoms with Crippen LogP contribution in [0.2, 0.25) is 5.02 Å². The number of carbonyl (C=O) groups excluding carboxylic acids is 2. The highest BCUT2D eigenvalue weighted by Crippen LogP contribution is 2.39. The van der Waals surface area contributed by atoms with Gasteiger partial charge in [0.05, 0.1) is 23.6 Å². The molecule has 5 rings (SSSR count). The van der Waals surface area contributed by atoms with E-state index in [0.717, 1.165) is 38.1 Å². The summed E-state index contributed by atoms with van der Waals surface area (Å²) < 4.78 is 12.5. The second-order valence-electron chi connectivity index (χ2n) is 8.40. The van der Waals surface area contributed by atoms with Gasteiger partial charge in [0, 0.05) is 4.47 Å². The van der Waals surface area contributed by atoms with Crippen molar-refractivity contribution in [3.63, 3.8) is 0 Å². The Bertz CT molecular complexity index is 1540. The molecule has 8 heteroatoms. The number of fused-ring (bicyclic) bond motifs is 1. The van der Waals surface area contributed by atoms with E-state index in [9.17, 15) is 9.59 Å². The second kappa shape index (κ2) is 11.0. The van der Waals surface area contributed by atoms with E-state index in [4.69, 9.17) is 21.1 Å². The standard InChI is InChI=1S/C29H21BrClNO4S/c1-35-25-14-20(15-26-28(33)32(29(34)37-26)16-18-7-10-23(30)11-8-18)13-24(31)27(25)36-17-19-6-9-21-4-2-3-5-22(21)12-19/h2-15H,16-17H2,1H3/b26-15-. The molecule has 4 aromatic carbocycles. The molecular weight excluding hydrogens is 574 g/mol. The van der Waals surface area contributed by atoms with Gasteiger partial charge in [-0.3, -0.25) is 14.5 Å². The average Bonchev–Trinajstić information content (AvgIpc) is 3.16. The first-order chi connectivity index (χ1) is 17.9. The van der Waals surface area contributed by atoms with Crippen molar-refractivity contribution < 1.29 is 19.1 Å². The van der Waals surface area contributed by atoms with Crippen molar-refractivity contribution in [2.45, 2.75) is 13.2 Å². The lowest BCUT2D eigenvalue weighted by Crippen LogP contribution is -2.27. The van der Waals surface area contributed by atoms with Crippen LogP contribution >= 0.6 is 39.3 Å². The fraction of sp³-hybridized carbons (Fsp3) is 0.103. The molecule has 5 nitrogen and oxygen atoms in total. The number of hydrogen-bond donors (Lipinski definition) is 0. The third kappa shape index (κ3) is 5.69. The molecule has 0 radical (unpaired) electrons. The van der Waals surface area contributed by atoms with E-state index in [0.29, 0.717) is 33.6 Å². The zero-order valence-corrected chi connectivity index (χ0v) is 22.9. The molecule has 37 heavy (non-hydrogen) atoms. The molecular formula is C29H21BrClNO4S. The van der Waals surface area contributed by atoms with Crippen LogP contribution in [0, 0.1) is 0 Å². The maximum absolute atomic E-state index is 13.0. The second-order valence-corrected chi connectivity index (χ2v) is 10.7. The predicted molar refractivity (Wildman–Crippen MR) is 152 cm³/mol. The maximum Gasteiger partial charge on any atom is 0.293 e. The molecule has 0 bridgehead atoms. The predicted octanol–water partition coefficient (Wildman–Crippen LogP) is 8.08. The highest BCUT2D eigenvalue weighted by Gasteiger charge is 2.35. The first-order valence-electron chi connectivity index (χ1n) is 11.4. The van der Waals surface area contributed by atoms with Gasteiger partial charge in [-0.1, -0.05) is 76.1 Å². The third-order valence-electron chi connectivity index (χ3n) is 5.87. The summed E-state index contributed by atoms with van der Waals surface area (Å²) in [5, 5.41) is 2.33. The lowest BCUT2D eigenvalue weighted by molar-refractivity contribution is -0.123. The number of halogens is 2. The molecule has 0 unspecified atom stereocenters. The number of carbonyl (C=O) groups is 2. The molecule has 1 saturated heterocycles. The van der Waals surface area contributed by atoms with Crippen LogP contribution in [-0.2, 0) is 17.9 Å². The molecule has 0 N–H and O–H groups in total. The molecule has 1 heterocycles. The molecule has 186 valence electrons. The van der Waals surface area contributed by atoms with Gasteiger partial charge in [0.15, 0.2) is 11.5 Å². The van der Waals surface area contributed by atoms with Crippen molar-refractivity contribution in [3.8, 4) is 11.5 Å². The van der Waals surface area contributed by atoms with E-state index >= 15 is 0 Å².